The SMILES string of the molecule is CCc1cn(C)c2ncnc(C)c12. The first-order valence-corrected chi connectivity index (χ1v) is 4.49. The Balaban J connectivity index is 2.89. The molecule has 3 nitrogen and oxygen atoms in total. The fraction of sp³-hybridized carbons (Fsp3) is 0.400. The van der Waals surface area contributed by atoms with E-state index in [1.54, 1.807) is 6.33 Å². The average Bonchev–Trinajstić information content (AvgIpc) is 2.45. The third kappa shape index (κ3) is 1.11. The molecule has 0 spiro atoms. The molecule has 2 aromatic rings. The summed E-state index contributed by atoms with van der Waals surface area (Å²) in [6.07, 6.45) is 4.79. The van der Waals surface area contributed by atoms with Gasteiger partial charge in [-0.1, -0.05) is 6.92 Å². The molecule has 0 atom stereocenters. The number of aryl methyl sites for hydroxylation is 3. The highest BCUT2D eigenvalue weighted by Gasteiger charge is 2.08. The fourth-order valence-corrected chi connectivity index (χ4v) is 1.73. The van der Waals surface area contributed by atoms with Crippen LogP contribution in [0.1, 0.15) is 18.2 Å². The van der Waals surface area contributed by atoms with E-state index in [1.165, 1.54) is 10.9 Å². The molecule has 0 aliphatic carbocycles. The fourth-order valence-electron chi connectivity index (χ4n) is 1.73. The Bertz CT molecular complexity index is 443. The molecule has 0 saturated heterocycles. The summed E-state index contributed by atoms with van der Waals surface area (Å²) in [6.45, 7) is 4.18. The molecule has 0 bridgehead atoms. The summed E-state index contributed by atoms with van der Waals surface area (Å²) in [4.78, 5) is 8.47. The standard InChI is InChI=1S/C10H13N3/c1-4-8-5-13(3)10-9(8)7(2)11-6-12-10/h5-6H,4H2,1-3H3. The van der Waals surface area contributed by atoms with Crippen LogP contribution in [-0.2, 0) is 13.5 Å². The molecule has 0 aliphatic rings. The van der Waals surface area contributed by atoms with Gasteiger partial charge in [-0.05, 0) is 18.9 Å². The van der Waals surface area contributed by atoms with E-state index in [1.807, 2.05) is 14.0 Å². The van der Waals surface area contributed by atoms with Gasteiger partial charge < -0.3 is 4.57 Å². The van der Waals surface area contributed by atoms with Crippen molar-refractivity contribution in [2.24, 2.45) is 7.05 Å². The van der Waals surface area contributed by atoms with Gasteiger partial charge in [0.05, 0.1) is 5.69 Å². The van der Waals surface area contributed by atoms with E-state index in [4.69, 9.17) is 0 Å². The van der Waals surface area contributed by atoms with Crippen molar-refractivity contribution in [3.63, 3.8) is 0 Å². The van der Waals surface area contributed by atoms with Crippen molar-refractivity contribution in [1.29, 1.82) is 0 Å². The minimum atomic E-state index is 1.03. The van der Waals surface area contributed by atoms with E-state index < -0.39 is 0 Å². The van der Waals surface area contributed by atoms with Crippen molar-refractivity contribution in [3.8, 4) is 0 Å². The van der Waals surface area contributed by atoms with Crippen LogP contribution in [0, 0.1) is 6.92 Å². The number of nitrogens with zero attached hydrogens (tertiary/aromatic N) is 3. The lowest BCUT2D eigenvalue weighted by atomic mass is 10.1. The molecule has 0 N–H and O–H groups in total. The topological polar surface area (TPSA) is 30.7 Å². The van der Waals surface area contributed by atoms with Crippen molar-refractivity contribution in [3.05, 3.63) is 23.8 Å². The van der Waals surface area contributed by atoms with E-state index in [9.17, 15) is 0 Å². The highest BCUT2D eigenvalue weighted by atomic mass is 15.0. The van der Waals surface area contributed by atoms with Crippen LogP contribution in [0.25, 0.3) is 11.0 Å². The molecule has 13 heavy (non-hydrogen) atoms. The molecular weight excluding hydrogens is 162 g/mol. The lowest BCUT2D eigenvalue weighted by molar-refractivity contribution is 0.932. The molecule has 0 radical (unpaired) electrons. The Morgan fingerprint density at radius 1 is 1.38 bits per heavy atom. The summed E-state index contributed by atoms with van der Waals surface area (Å²) in [5, 5.41) is 1.22. The Morgan fingerprint density at radius 3 is 2.85 bits per heavy atom. The zero-order valence-electron chi connectivity index (χ0n) is 8.20. The maximum Gasteiger partial charge on any atom is 0.143 e. The second kappa shape index (κ2) is 2.83. The van der Waals surface area contributed by atoms with Crippen LogP contribution in [-0.4, -0.2) is 14.5 Å². The number of aromatic nitrogens is 3. The van der Waals surface area contributed by atoms with Gasteiger partial charge in [-0.2, -0.15) is 0 Å². The normalized spacial score (nSPS) is 11.0. The summed E-state index contributed by atoms with van der Waals surface area (Å²) in [5.74, 6) is 0. The predicted molar refractivity (Wildman–Crippen MR) is 52.6 cm³/mol. The lowest BCUT2D eigenvalue weighted by Gasteiger charge is -1.97. The van der Waals surface area contributed by atoms with Gasteiger partial charge in [0, 0.05) is 18.6 Å². The van der Waals surface area contributed by atoms with Crippen LogP contribution in [0.3, 0.4) is 0 Å². The molecule has 2 rings (SSSR count). The van der Waals surface area contributed by atoms with Crippen molar-refractivity contribution in [2.75, 3.05) is 0 Å². The van der Waals surface area contributed by atoms with Crippen molar-refractivity contribution >= 4 is 11.0 Å². The first-order valence-electron chi connectivity index (χ1n) is 4.49. The van der Waals surface area contributed by atoms with E-state index in [0.717, 1.165) is 17.8 Å². The van der Waals surface area contributed by atoms with E-state index in [2.05, 4.69) is 27.7 Å². The lowest BCUT2D eigenvalue weighted by Crippen LogP contribution is -1.90. The quantitative estimate of drug-likeness (QED) is 0.662. The van der Waals surface area contributed by atoms with Crippen LogP contribution in [0.15, 0.2) is 12.5 Å². The third-order valence-electron chi connectivity index (χ3n) is 2.40. The van der Waals surface area contributed by atoms with Crippen molar-refractivity contribution in [2.45, 2.75) is 20.3 Å². The van der Waals surface area contributed by atoms with Gasteiger partial charge in [-0.25, -0.2) is 9.97 Å². The monoisotopic (exact) mass is 175 g/mol. The van der Waals surface area contributed by atoms with E-state index in [0.29, 0.717) is 0 Å². The second-order valence-corrected chi connectivity index (χ2v) is 3.28. The van der Waals surface area contributed by atoms with Gasteiger partial charge in [0.25, 0.3) is 0 Å². The first kappa shape index (κ1) is 8.23. The zero-order valence-corrected chi connectivity index (χ0v) is 8.20. The maximum absolute atomic E-state index is 4.26. The first-order chi connectivity index (χ1) is 6.24. The number of hydrogen-bond acceptors (Lipinski definition) is 2. The van der Waals surface area contributed by atoms with Crippen molar-refractivity contribution < 1.29 is 0 Å². The van der Waals surface area contributed by atoms with Gasteiger partial charge in [0.1, 0.15) is 12.0 Å². The third-order valence-corrected chi connectivity index (χ3v) is 2.40. The molecule has 0 saturated carbocycles. The highest BCUT2D eigenvalue weighted by Crippen LogP contribution is 2.20. The summed E-state index contributed by atoms with van der Waals surface area (Å²) in [7, 11) is 2.02. The van der Waals surface area contributed by atoms with Crippen molar-refractivity contribution in [1.82, 2.24) is 14.5 Å². The smallest absolute Gasteiger partial charge is 0.143 e. The molecule has 0 fully saturated rings. The number of rotatable bonds is 1. The summed E-state index contributed by atoms with van der Waals surface area (Å²) in [5.41, 5.74) is 3.43. The average molecular weight is 175 g/mol. The molecule has 0 aliphatic heterocycles. The van der Waals surface area contributed by atoms with E-state index in [-0.39, 0.29) is 0 Å². The minimum absolute atomic E-state index is 1.03. The largest absolute Gasteiger partial charge is 0.335 e. The summed E-state index contributed by atoms with van der Waals surface area (Å²) < 4.78 is 2.06. The Hall–Kier alpha value is -1.38. The van der Waals surface area contributed by atoms with Gasteiger partial charge in [-0.3, -0.25) is 0 Å². The molecular formula is C10H13N3. The number of fused-ring (bicyclic) bond motifs is 1. The molecule has 0 unspecified atom stereocenters. The predicted octanol–water partition coefficient (Wildman–Crippen LogP) is 1.84. The van der Waals surface area contributed by atoms with Crippen LogP contribution in [0.4, 0.5) is 0 Å². The second-order valence-electron chi connectivity index (χ2n) is 3.28. The van der Waals surface area contributed by atoms with E-state index >= 15 is 0 Å². The van der Waals surface area contributed by atoms with Gasteiger partial charge >= 0.3 is 0 Å². The van der Waals surface area contributed by atoms with Gasteiger partial charge in [-0.15, -0.1) is 0 Å². The number of hydrogen-bond donors (Lipinski definition) is 0. The molecule has 0 aromatic carbocycles. The summed E-state index contributed by atoms with van der Waals surface area (Å²) in [6, 6.07) is 0. The Morgan fingerprint density at radius 2 is 2.15 bits per heavy atom. The van der Waals surface area contributed by atoms with Crippen LogP contribution in [0.5, 0.6) is 0 Å². The van der Waals surface area contributed by atoms with Crippen LogP contribution < -0.4 is 0 Å². The van der Waals surface area contributed by atoms with Gasteiger partial charge in [0.15, 0.2) is 0 Å². The Labute approximate surface area is 77.4 Å². The zero-order chi connectivity index (χ0) is 9.42. The van der Waals surface area contributed by atoms with Crippen LogP contribution in [0.2, 0.25) is 0 Å². The van der Waals surface area contributed by atoms with Crippen LogP contribution >= 0.6 is 0 Å². The Kier molecular flexibility index (Phi) is 1.79. The molecule has 2 aromatic heterocycles. The summed E-state index contributed by atoms with van der Waals surface area (Å²) >= 11 is 0. The molecule has 0 amide bonds. The maximum atomic E-state index is 4.26. The molecule has 68 valence electrons. The molecule has 3 heteroatoms. The van der Waals surface area contributed by atoms with Gasteiger partial charge in [0.2, 0.25) is 0 Å². The highest BCUT2D eigenvalue weighted by molar-refractivity contribution is 5.82. The minimum Gasteiger partial charge on any atom is -0.335 e. The molecule has 2 heterocycles.